The molecule has 0 saturated heterocycles. The summed E-state index contributed by atoms with van der Waals surface area (Å²) in [5.41, 5.74) is 2.37. The van der Waals surface area contributed by atoms with Crippen LogP contribution in [0.1, 0.15) is 5.01 Å². The van der Waals surface area contributed by atoms with Gasteiger partial charge < -0.3 is 0 Å². The second-order valence-electron chi connectivity index (χ2n) is 3.70. The molecule has 5 nitrogen and oxygen atoms in total. The molecule has 2 aromatic heterocycles. The Hall–Kier alpha value is -1.22. The Morgan fingerprint density at radius 1 is 1.45 bits per heavy atom. The van der Waals surface area contributed by atoms with Crippen molar-refractivity contribution in [1.82, 2.24) is 19.9 Å². The molecule has 9 heteroatoms. The number of carbonyl (C=O) groups is 1. The molecule has 0 fully saturated rings. The lowest BCUT2D eigenvalue weighted by molar-refractivity contribution is -0.118. The smallest absolute Gasteiger partial charge is 0.237 e. The van der Waals surface area contributed by atoms with Gasteiger partial charge in [0, 0.05) is 11.9 Å². The van der Waals surface area contributed by atoms with Crippen LogP contribution in [0.3, 0.4) is 0 Å². The lowest BCUT2D eigenvalue weighted by atomic mass is 10.3. The average molecular weight is 343 g/mol. The van der Waals surface area contributed by atoms with Gasteiger partial charge in [0.25, 0.3) is 0 Å². The fraction of sp³-hybridized carbons (Fsp3) is 0.0909. The van der Waals surface area contributed by atoms with Crippen molar-refractivity contribution in [2.45, 2.75) is 10.8 Å². The van der Waals surface area contributed by atoms with Crippen LogP contribution in [0.4, 0.5) is 0 Å². The van der Waals surface area contributed by atoms with E-state index in [9.17, 15) is 4.79 Å². The van der Waals surface area contributed by atoms with Crippen molar-refractivity contribution in [3.05, 3.63) is 33.7 Å². The predicted molar refractivity (Wildman–Crippen MR) is 82.2 cm³/mol. The summed E-state index contributed by atoms with van der Waals surface area (Å²) in [5.74, 6) is -0.128. The molecular weight excluding hydrogens is 336 g/mol. The molecule has 0 saturated carbocycles. The average Bonchev–Trinajstić information content (AvgIpc) is 3.06. The van der Waals surface area contributed by atoms with E-state index in [0.717, 1.165) is 14.6 Å². The van der Waals surface area contributed by atoms with E-state index < -0.39 is 0 Å². The van der Waals surface area contributed by atoms with E-state index in [2.05, 4.69) is 19.9 Å². The number of carbonyl (C=O) groups excluding carboxylic acids is 1. The third kappa shape index (κ3) is 3.09. The first-order valence-electron chi connectivity index (χ1n) is 5.48. The Kier molecular flexibility index (Phi) is 4.16. The Labute approximate surface area is 131 Å². The maximum Gasteiger partial charge on any atom is 0.237 e. The molecular formula is C11H7ClN4OS3. The first kappa shape index (κ1) is 13.7. The maximum atomic E-state index is 11.7. The van der Waals surface area contributed by atoms with E-state index in [1.54, 1.807) is 11.6 Å². The van der Waals surface area contributed by atoms with Crippen LogP contribution >= 0.6 is 46.2 Å². The number of nitrogens with zero attached hydrogens (tertiary/aromatic N) is 3. The highest BCUT2D eigenvalue weighted by Crippen LogP contribution is 2.31. The monoisotopic (exact) mass is 342 g/mol. The molecule has 0 radical (unpaired) electrons. The van der Waals surface area contributed by atoms with Crippen molar-refractivity contribution in [2.24, 2.45) is 0 Å². The summed E-state index contributed by atoms with van der Waals surface area (Å²) in [6.07, 6.45) is 0.226. The second kappa shape index (κ2) is 6.04. The van der Waals surface area contributed by atoms with Crippen LogP contribution in [-0.2, 0) is 11.2 Å². The van der Waals surface area contributed by atoms with Crippen molar-refractivity contribution in [3.8, 4) is 0 Å². The molecule has 20 heavy (non-hydrogen) atoms. The lowest BCUT2D eigenvalue weighted by Crippen LogP contribution is -2.17. The lowest BCUT2D eigenvalue weighted by Gasteiger charge is -1.98. The van der Waals surface area contributed by atoms with Gasteiger partial charge in [-0.05, 0) is 12.1 Å². The van der Waals surface area contributed by atoms with E-state index >= 15 is 0 Å². The van der Waals surface area contributed by atoms with Gasteiger partial charge in [-0.3, -0.25) is 9.52 Å². The highest BCUT2D eigenvalue weighted by atomic mass is 35.5. The van der Waals surface area contributed by atoms with E-state index in [1.807, 2.05) is 12.1 Å². The molecule has 0 atom stereocenters. The normalized spacial score (nSPS) is 10.8. The number of amides is 1. The van der Waals surface area contributed by atoms with Gasteiger partial charge in [0.15, 0.2) is 4.34 Å². The molecule has 0 aliphatic carbocycles. The molecule has 3 aromatic rings. The zero-order chi connectivity index (χ0) is 13.9. The van der Waals surface area contributed by atoms with Gasteiger partial charge in [-0.25, -0.2) is 4.98 Å². The number of halogens is 1. The van der Waals surface area contributed by atoms with Gasteiger partial charge in [-0.1, -0.05) is 17.7 Å². The maximum absolute atomic E-state index is 11.7. The summed E-state index contributed by atoms with van der Waals surface area (Å²) < 4.78 is 4.49. The number of para-hydroxylation sites is 1. The molecule has 1 aromatic carbocycles. The van der Waals surface area contributed by atoms with E-state index in [4.69, 9.17) is 11.6 Å². The Morgan fingerprint density at radius 3 is 3.10 bits per heavy atom. The van der Waals surface area contributed by atoms with Crippen LogP contribution in [0.25, 0.3) is 10.2 Å². The SMILES string of the molecule is O=C(Cc1nncs1)NSc1nc2c(Cl)cccc2s1. The molecule has 0 bridgehead atoms. The number of benzene rings is 1. The number of thiazole rings is 1. The zero-order valence-electron chi connectivity index (χ0n) is 9.87. The van der Waals surface area contributed by atoms with Crippen molar-refractivity contribution >= 4 is 62.3 Å². The van der Waals surface area contributed by atoms with Crippen molar-refractivity contribution in [3.63, 3.8) is 0 Å². The standard InChI is InChI=1S/C11H7ClN4OS3/c12-6-2-1-3-7-10(6)14-11(19-7)20-16-8(17)4-9-15-13-5-18-9/h1-3,5H,4H2,(H,16,17). The zero-order valence-corrected chi connectivity index (χ0v) is 13.1. The largest absolute Gasteiger partial charge is 0.294 e. The van der Waals surface area contributed by atoms with E-state index in [0.29, 0.717) is 10.0 Å². The fourth-order valence-corrected chi connectivity index (χ4v) is 3.98. The van der Waals surface area contributed by atoms with Gasteiger partial charge in [0.1, 0.15) is 16.0 Å². The number of nitrogens with one attached hydrogen (secondary N) is 1. The van der Waals surface area contributed by atoms with E-state index in [1.165, 1.54) is 34.6 Å². The molecule has 1 N–H and O–H groups in total. The van der Waals surface area contributed by atoms with Crippen LogP contribution in [0.5, 0.6) is 0 Å². The summed E-state index contributed by atoms with van der Waals surface area (Å²) >= 11 is 10.1. The summed E-state index contributed by atoms with van der Waals surface area (Å²) in [6, 6.07) is 5.63. The van der Waals surface area contributed by atoms with Crippen molar-refractivity contribution < 1.29 is 4.79 Å². The predicted octanol–water partition coefficient (Wildman–Crippen LogP) is 3.17. The van der Waals surface area contributed by atoms with Gasteiger partial charge >= 0.3 is 0 Å². The Morgan fingerprint density at radius 2 is 2.35 bits per heavy atom. The van der Waals surface area contributed by atoms with Gasteiger partial charge in [0.2, 0.25) is 5.91 Å². The van der Waals surface area contributed by atoms with Crippen LogP contribution in [-0.4, -0.2) is 21.1 Å². The molecule has 0 unspecified atom stereocenters. The molecule has 0 spiro atoms. The highest BCUT2D eigenvalue weighted by molar-refractivity contribution is 7.99. The molecule has 102 valence electrons. The minimum Gasteiger partial charge on any atom is -0.294 e. The summed E-state index contributed by atoms with van der Waals surface area (Å²) in [4.78, 5) is 16.1. The van der Waals surface area contributed by atoms with Crippen molar-refractivity contribution in [1.29, 1.82) is 0 Å². The number of fused-ring (bicyclic) bond motifs is 1. The summed E-state index contributed by atoms with van der Waals surface area (Å²) in [5, 5.41) is 8.82. The van der Waals surface area contributed by atoms with Gasteiger partial charge in [-0.2, -0.15) is 0 Å². The highest BCUT2D eigenvalue weighted by Gasteiger charge is 2.10. The van der Waals surface area contributed by atoms with Crippen molar-refractivity contribution in [2.75, 3.05) is 0 Å². The first-order valence-corrected chi connectivity index (χ1v) is 8.37. The minimum atomic E-state index is -0.128. The number of aromatic nitrogens is 3. The summed E-state index contributed by atoms with van der Waals surface area (Å²) in [6.45, 7) is 0. The molecule has 3 rings (SSSR count). The molecule has 2 heterocycles. The third-order valence-electron chi connectivity index (χ3n) is 2.32. The third-order valence-corrected chi connectivity index (χ3v) is 5.23. The number of hydrogen-bond acceptors (Lipinski definition) is 7. The Balaban J connectivity index is 1.65. The summed E-state index contributed by atoms with van der Waals surface area (Å²) in [7, 11) is 0. The topological polar surface area (TPSA) is 67.8 Å². The van der Waals surface area contributed by atoms with Gasteiger partial charge in [-0.15, -0.1) is 32.9 Å². The fourth-order valence-electron chi connectivity index (χ4n) is 1.49. The number of hydrogen-bond donors (Lipinski definition) is 1. The second-order valence-corrected chi connectivity index (χ2v) is 7.11. The van der Waals surface area contributed by atoms with Crippen LogP contribution in [0.15, 0.2) is 28.0 Å². The molecule has 0 aliphatic heterocycles. The van der Waals surface area contributed by atoms with E-state index in [-0.39, 0.29) is 12.3 Å². The number of rotatable bonds is 4. The van der Waals surface area contributed by atoms with Gasteiger partial charge in [0.05, 0.1) is 16.1 Å². The first-order chi connectivity index (χ1) is 9.72. The van der Waals surface area contributed by atoms with Crippen LogP contribution in [0.2, 0.25) is 5.02 Å². The quantitative estimate of drug-likeness (QED) is 0.737. The minimum absolute atomic E-state index is 0.128. The molecule has 0 aliphatic rings. The molecule has 1 amide bonds. The van der Waals surface area contributed by atoms with Crippen LogP contribution < -0.4 is 4.72 Å². The Bertz CT molecular complexity index is 743. The van der Waals surface area contributed by atoms with Crippen LogP contribution in [0, 0.1) is 0 Å².